The normalized spacial score (nSPS) is 11.3. The number of hydrogen-bond donors (Lipinski definition) is 1. The highest BCUT2D eigenvalue weighted by molar-refractivity contribution is 9.10. The molecule has 0 saturated carbocycles. The third kappa shape index (κ3) is 3.98. The Morgan fingerprint density at radius 2 is 1.90 bits per heavy atom. The number of carbonyl (C=O) groups is 2. The van der Waals surface area contributed by atoms with Crippen molar-refractivity contribution in [2.45, 2.75) is 37.9 Å². The topological polar surface area (TPSA) is 63.6 Å². The second-order valence-corrected chi connectivity index (χ2v) is 6.63. The second-order valence-electron chi connectivity index (χ2n) is 4.73. The van der Waals surface area contributed by atoms with E-state index in [2.05, 4.69) is 15.9 Å². The number of benzene rings is 1. The Hall–Kier alpha value is -1.07. The average molecular weight is 378 g/mol. The third-order valence-electron chi connectivity index (χ3n) is 3.46. The van der Waals surface area contributed by atoms with Crippen LogP contribution in [0.3, 0.4) is 0 Å². The summed E-state index contributed by atoms with van der Waals surface area (Å²) in [5.74, 6) is -0.778. The zero-order valence-electron chi connectivity index (χ0n) is 12.2. The molecule has 0 bridgehead atoms. The van der Waals surface area contributed by atoms with Gasteiger partial charge in [-0.1, -0.05) is 41.4 Å². The van der Waals surface area contributed by atoms with E-state index in [4.69, 9.17) is 21.4 Å². The summed E-state index contributed by atoms with van der Waals surface area (Å²) in [6, 6.07) is 3.16. The van der Waals surface area contributed by atoms with Crippen LogP contribution in [0.2, 0.25) is 5.02 Å². The molecule has 6 heteroatoms. The summed E-state index contributed by atoms with van der Waals surface area (Å²) in [7, 11) is 0. The molecule has 0 atom stereocenters. The van der Waals surface area contributed by atoms with E-state index < -0.39 is 16.9 Å². The first kappa shape index (κ1) is 18.0. The zero-order chi connectivity index (χ0) is 16.2. The van der Waals surface area contributed by atoms with E-state index in [1.54, 1.807) is 19.1 Å². The number of carboxylic acids is 1. The molecular weight excluding hydrogens is 360 g/mol. The molecule has 0 aliphatic rings. The molecule has 0 unspecified atom stereocenters. The van der Waals surface area contributed by atoms with Crippen LogP contribution in [-0.2, 0) is 4.79 Å². The largest absolute Gasteiger partial charge is 0.482 e. The van der Waals surface area contributed by atoms with Crippen LogP contribution in [0.15, 0.2) is 12.1 Å². The highest BCUT2D eigenvalue weighted by Gasteiger charge is 2.34. The Bertz CT molecular complexity index is 553. The van der Waals surface area contributed by atoms with Crippen LogP contribution in [-0.4, -0.2) is 27.8 Å². The quantitative estimate of drug-likeness (QED) is 0.570. The van der Waals surface area contributed by atoms with Gasteiger partial charge in [0.05, 0.1) is 9.35 Å². The van der Waals surface area contributed by atoms with Crippen LogP contribution in [0.25, 0.3) is 0 Å². The predicted octanol–water partition coefficient (Wildman–Crippen LogP) is 4.25. The van der Waals surface area contributed by atoms with Crippen molar-refractivity contribution in [3.05, 3.63) is 28.3 Å². The lowest BCUT2D eigenvalue weighted by molar-refractivity contribution is -0.139. The molecule has 116 valence electrons. The van der Waals surface area contributed by atoms with Crippen molar-refractivity contribution >= 4 is 39.3 Å². The van der Waals surface area contributed by atoms with Crippen molar-refractivity contribution in [2.24, 2.45) is 0 Å². The summed E-state index contributed by atoms with van der Waals surface area (Å²) in [5.41, 5.74) is 0.975. The molecule has 0 aromatic heterocycles. The SMILES string of the molecule is CCC(Br)(CC)C(=O)c1ccc(OCC(=O)O)c(C)c1Cl. The summed E-state index contributed by atoms with van der Waals surface area (Å²) < 4.78 is 4.51. The second kappa shape index (κ2) is 7.27. The number of alkyl halides is 1. The van der Waals surface area contributed by atoms with Gasteiger partial charge in [-0.05, 0) is 31.9 Å². The fourth-order valence-corrected chi connectivity index (χ4v) is 2.41. The van der Waals surface area contributed by atoms with Crippen LogP contribution >= 0.6 is 27.5 Å². The van der Waals surface area contributed by atoms with Crippen molar-refractivity contribution in [2.75, 3.05) is 6.61 Å². The lowest BCUT2D eigenvalue weighted by Crippen LogP contribution is -2.30. The lowest BCUT2D eigenvalue weighted by Gasteiger charge is -2.24. The summed E-state index contributed by atoms with van der Waals surface area (Å²) in [5, 5.41) is 8.93. The highest BCUT2D eigenvalue weighted by atomic mass is 79.9. The van der Waals surface area contributed by atoms with E-state index >= 15 is 0 Å². The number of ether oxygens (including phenoxy) is 1. The Kier molecular flexibility index (Phi) is 6.23. The Labute approximate surface area is 137 Å². The van der Waals surface area contributed by atoms with Crippen molar-refractivity contribution in [3.8, 4) is 5.75 Å². The minimum atomic E-state index is -1.07. The first-order valence-corrected chi connectivity index (χ1v) is 7.81. The average Bonchev–Trinajstić information content (AvgIpc) is 2.47. The Balaban J connectivity index is 3.15. The molecule has 0 aliphatic heterocycles. The van der Waals surface area contributed by atoms with Crippen LogP contribution in [0, 0.1) is 6.92 Å². The van der Waals surface area contributed by atoms with E-state index in [1.807, 2.05) is 13.8 Å². The van der Waals surface area contributed by atoms with Crippen LogP contribution in [0.1, 0.15) is 42.6 Å². The van der Waals surface area contributed by atoms with Crippen molar-refractivity contribution in [1.82, 2.24) is 0 Å². The Morgan fingerprint density at radius 1 is 1.33 bits per heavy atom. The molecule has 1 rings (SSSR count). The molecule has 0 amide bonds. The molecule has 0 radical (unpaired) electrons. The van der Waals surface area contributed by atoms with E-state index in [0.717, 1.165) is 0 Å². The van der Waals surface area contributed by atoms with Gasteiger partial charge in [-0.15, -0.1) is 0 Å². The van der Waals surface area contributed by atoms with Crippen molar-refractivity contribution in [1.29, 1.82) is 0 Å². The molecule has 1 N–H and O–H groups in total. The Morgan fingerprint density at radius 3 is 2.38 bits per heavy atom. The number of halogens is 2. The van der Waals surface area contributed by atoms with Gasteiger partial charge in [-0.2, -0.15) is 0 Å². The first-order valence-electron chi connectivity index (χ1n) is 6.64. The van der Waals surface area contributed by atoms with E-state index in [-0.39, 0.29) is 5.78 Å². The van der Waals surface area contributed by atoms with Gasteiger partial charge in [-0.3, -0.25) is 4.79 Å². The number of carbonyl (C=O) groups excluding carboxylic acids is 1. The standard InChI is InChI=1S/C15H18BrClO4/c1-4-15(16,5-2)14(20)10-6-7-11(9(3)13(10)17)21-8-12(18)19/h6-7H,4-5,8H2,1-3H3,(H,18,19). The molecule has 1 aromatic rings. The summed E-state index contributed by atoms with van der Waals surface area (Å²) in [6.45, 7) is 5.11. The first-order chi connectivity index (χ1) is 9.76. The molecule has 21 heavy (non-hydrogen) atoms. The molecule has 0 aliphatic carbocycles. The fourth-order valence-electron chi connectivity index (χ4n) is 1.95. The maximum Gasteiger partial charge on any atom is 0.341 e. The summed E-state index contributed by atoms with van der Waals surface area (Å²) >= 11 is 9.75. The summed E-state index contributed by atoms with van der Waals surface area (Å²) in [4.78, 5) is 23.1. The molecule has 0 fully saturated rings. The van der Waals surface area contributed by atoms with Crippen LogP contribution < -0.4 is 4.74 Å². The van der Waals surface area contributed by atoms with Gasteiger partial charge in [0.15, 0.2) is 12.4 Å². The molecule has 4 nitrogen and oxygen atoms in total. The van der Waals surface area contributed by atoms with Gasteiger partial charge in [0.1, 0.15) is 5.75 Å². The molecule has 0 spiro atoms. The predicted molar refractivity (Wildman–Crippen MR) is 85.9 cm³/mol. The van der Waals surface area contributed by atoms with E-state index in [1.165, 1.54) is 0 Å². The monoisotopic (exact) mass is 376 g/mol. The molecule has 0 saturated heterocycles. The van der Waals surface area contributed by atoms with Crippen LogP contribution in [0.4, 0.5) is 0 Å². The van der Waals surface area contributed by atoms with Gasteiger partial charge in [0.2, 0.25) is 0 Å². The van der Waals surface area contributed by atoms with Crippen LogP contribution in [0.5, 0.6) is 5.75 Å². The number of ketones is 1. The lowest BCUT2D eigenvalue weighted by atomic mass is 9.92. The number of Topliss-reactive ketones (excluding diaryl/α,β-unsaturated/α-hetero) is 1. The molecule has 0 heterocycles. The molecular formula is C15H18BrClO4. The third-order valence-corrected chi connectivity index (χ3v) is 5.43. The number of rotatable bonds is 7. The summed E-state index contributed by atoms with van der Waals surface area (Å²) in [6.07, 6.45) is 1.30. The van der Waals surface area contributed by atoms with Gasteiger partial charge in [-0.25, -0.2) is 4.79 Å². The number of hydrogen-bond acceptors (Lipinski definition) is 3. The highest BCUT2D eigenvalue weighted by Crippen LogP contribution is 2.36. The maximum absolute atomic E-state index is 12.6. The van der Waals surface area contributed by atoms with Gasteiger partial charge in [0, 0.05) is 11.1 Å². The molecule has 1 aromatic carbocycles. The number of carboxylic acid groups (broad SMARTS) is 1. The zero-order valence-corrected chi connectivity index (χ0v) is 14.5. The van der Waals surface area contributed by atoms with Crippen molar-refractivity contribution < 1.29 is 19.4 Å². The van der Waals surface area contributed by atoms with E-state index in [0.29, 0.717) is 34.7 Å². The maximum atomic E-state index is 12.6. The van der Waals surface area contributed by atoms with Gasteiger partial charge in [0.25, 0.3) is 0 Å². The smallest absolute Gasteiger partial charge is 0.341 e. The van der Waals surface area contributed by atoms with Gasteiger partial charge < -0.3 is 9.84 Å². The fraction of sp³-hybridized carbons (Fsp3) is 0.467. The van der Waals surface area contributed by atoms with E-state index in [9.17, 15) is 9.59 Å². The van der Waals surface area contributed by atoms with Gasteiger partial charge >= 0.3 is 5.97 Å². The number of aliphatic carboxylic acids is 1. The van der Waals surface area contributed by atoms with Crippen molar-refractivity contribution in [3.63, 3.8) is 0 Å². The minimum absolute atomic E-state index is 0.0783. The minimum Gasteiger partial charge on any atom is -0.482 e.